The SMILES string of the molecule is CC(C)c1ccc(S(=O)(=O)NCc2cccc(OC(F)(F)F)c2)cc1. The van der Waals surface area contributed by atoms with Gasteiger partial charge in [-0.3, -0.25) is 0 Å². The highest BCUT2D eigenvalue weighted by atomic mass is 32.2. The first-order chi connectivity index (χ1) is 11.6. The van der Waals surface area contributed by atoms with Crippen LogP contribution in [0.5, 0.6) is 5.75 Å². The summed E-state index contributed by atoms with van der Waals surface area (Å²) in [6, 6.07) is 11.6. The van der Waals surface area contributed by atoms with Crippen molar-refractivity contribution in [1.82, 2.24) is 4.72 Å². The quantitative estimate of drug-likeness (QED) is 0.826. The minimum atomic E-state index is -4.80. The summed E-state index contributed by atoms with van der Waals surface area (Å²) in [5, 5.41) is 0. The summed E-state index contributed by atoms with van der Waals surface area (Å²) in [5.41, 5.74) is 1.36. The van der Waals surface area contributed by atoms with Crippen molar-refractivity contribution < 1.29 is 26.3 Å². The van der Waals surface area contributed by atoms with E-state index in [-0.39, 0.29) is 17.4 Å². The summed E-state index contributed by atoms with van der Waals surface area (Å²) in [7, 11) is -3.76. The maximum absolute atomic E-state index is 12.3. The Balaban J connectivity index is 2.08. The van der Waals surface area contributed by atoms with Crippen LogP contribution < -0.4 is 9.46 Å². The Hall–Kier alpha value is -2.06. The summed E-state index contributed by atoms with van der Waals surface area (Å²) in [6.07, 6.45) is -4.80. The molecule has 0 saturated carbocycles. The van der Waals surface area contributed by atoms with Crippen molar-refractivity contribution in [3.05, 3.63) is 59.7 Å². The molecular weight excluding hydrogens is 355 g/mol. The molecule has 0 amide bonds. The van der Waals surface area contributed by atoms with Gasteiger partial charge in [0.1, 0.15) is 5.75 Å². The predicted octanol–water partition coefficient (Wildman–Crippen LogP) is 4.19. The monoisotopic (exact) mass is 373 g/mol. The summed E-state index contributed by atoms with van der Waals surface area (Å²) >= 11 is 0. The predicted molar refractivity (Wildman–Crippen MR) is 87.7 cm³/mol. The minimum absolute atomic E-state index is 0.0968. The molecule has 0 heterocycles. The van der Waals surface area contributed by atoms with Gasteiger partial charge in [-0.2, -0.15) is 0 Å². The molecular formula is C17H18F3NO3S. The fourth-order valence-electron chi connectivity index (χ4n) is 2.15. The third kappa shape index (κ3) is 5.75. The maximum atomic E-state index is 12.3. The molecule has 0 unspecified atom stereocenters. The topological polar surface area (TPSA) is 55.4 Å². The highest BCUT2D eigenvalue weighted by molar-refractivity contribution is 7.89. The first-order valence-corrected chi connectivity index (χ1v) is 8.99. The smallest absolute Gasteiger partial charge is 0.406 e. The van der Waals surface area contributed by atoms with E-state index in [1.807, 2.05) is 13.8 Å². The van der Waals surface area contributed by atoms with E-state index >= 15 is 0 Å². The van der Waals surface area contributed by atoms with Crippen LogP contribution in [0.3, 0.4) is 0 Å². The number of rotatable bonds is 6. The van der Waals surface area contributed by atoms with Crippen molar-refractivity contribution in [2.75, 3.05) is 0 Å². The Morgan fingerprint density at radius 3 is 2.28 bits per heavy atom. The summed E-state index contributed by atoms with van der Waals surface area (Å²) in [5.74, 6) is -0.119. The number of sulfonamides is 1. The third-order valence-corrected chi connectivity index (χ3v) is 4.87. The second-order valence-electron chi connectivity index (χ2n) is 5.74. The molecule has 8 heteroatoms. The van der Waals surface area contributed by atoms with Crippen LogP contribution in [0.15, 0.2) is 53.4 Å². The number of alkyl halides is 3. The zero-order valence-corrected chi connectivity index (χ0v) is 14.5. The van der Waals surface area contributed by atoms with Crippen LogP contribution in [0.2, 0.25) is 0 Å². The van der Waals surface area contributed by atoms with Crippen LogP contribution in [0.1, 0.15) is 30.9 Å². The molecule has 0 radical (unpaired) electrons. The number of hydrogen-bond donors (Lipinski definition) is 1. The molecule has 4 nitrogen and oxygen atoms in total. The van der Waals surface area contributed by atoms with Gasteiger partial charge in [-0.1, -0.05) is 38.1 Å². The molecule has 2 rings (SSSR count). The van der Waals surface area contributed by atoms with Gasteiger partial charge in [0.15, 0.2) is 0 Å². The molecule has 2 aromatic rings. The van der Waals surface area contributed by atoms with E-state index in [4.69, 9.17) is 0 Å². The van der Waals surface area contributed by atoms with Gasteiger partial charge in [-0.15, -0.1) is 13.2 Å². The van der Waals surface area contributed by atoms with E-state index in [1.54, 1.807) is 12.1 Å². The normalized spacial score (nSPS) is 12.4. The number of benzene rings is 2. The first kappa shape index (κ1) is 19.3. The molecule has 136 valence electrons. The lowest BCUT2D eigenvalue weighted by Crippen LogP contribution is -2.23. The Morgan fingerprint density at radius 1 is 1.08 bits per heavy atom. The first-order valence-electron chi connectivity index (χ1n) is 7.51. The molecule has 0 aliphatic carbocycles. The number of ether oxygens (including phenoxy) is 1. The van der Waals surface area contributed by atoms with Gasteiger partial charge in [0, 0.05) is 6.54 Å². The zero-order chi connectivity index (χ0) is 18.7. The minimum Gasteiger partial charge on any atom is -0.406 e. The Labute approximate surface area is 144 Å². The van der Waals surface area contributed by atoms with Crippen molar-refractivity contribution in [1.29, 1.82) is 0 Å². The van der Waals surface area contributed by atoms with Crippen LogP contribution in [0.25, 0.3) is 0 Å². The fourth-order valence-corrected chi connectivity index (χ4v) is 3.16. The van der Waals surface area contributed by atoms with E-state index in [0.717, 1.165) is 17.7 Å². The van der Waals surface area contributed by atoms with Crippen molar-refractivity contribution >= 4 is 10.0 Å². The van der Waals surface area contributed by atoms with Gasteiger partial charge < -0.3 is 4.74 Å². The average molecular weight is 373 g/mol. The largest absolute Gasteiger partial charge is 0.573 e. The average Bonchev–Trinajstić information content (AvgIpc) is 2.52. The maximum Gasteiger partial charge on any atom is 0.573 e. The summed E-state index contributed by atoms with van der Waals surface area (Å²) in [6.45, 7) is 3.85. The standard InChI is InChI=1S/C17H18F3NO3S/c1-12(2)14-6-8-16(9-7-14)25(22,23)21-11-13-4-3-5-15(10-13)24-17(18,19)20/h3-10,12,21H,11H2,1-2H3. The lowest BCUT2D eigenvalue weighted by molar-refractivity contribution is -0.274. The molecule has 25 heavy (non-hydrogen) atoms. The molecule has 0 spiro atoms. The molecule has 0 fully saturated rings. The molecule has 0 aliphatic rings. The second-order valence-corrected chi connectivity index (χ2v) is 7.51. The molecule has 1 N–H and O–H groups in total. The van der Waals surface area contributed by atoms with Crippen LogP contribution in [-0.4, -0.2) is 14.8 Å². The van der Waals surface area contributed by atoms with Crippen molar-refractivity contribution in [2.24, 2.45) is 0 Å². The summed E-state index contributed by atoms with van der Waals surface area (Å²) < 4.78 is 67.4. The van der Waals surface area contributed by atoms with E-state index < -0.39 is 22.1 Å². The van der Waals surface area contributed by atoms with Gasteiger partial charge in [0.25, 0.3) is 0 Å². The van der Waals surface area contributed by atoms with E-state index in [2.05, 4.69) is 9.46 Å². The summed E-state index contributed by atoms with van der Waals surface area (Å²) in [4.78, 5) is 0.0968. The number of nitrogens with one attached hydrogen (secondary N) is 1. The van der Waals surface area contributed by atoms with Crippen LogP contribution >= 0.6 is 0 Å². The van der Waals surface area contributed by atoms with Gasteiger partial charge in [-0.05, 0) is 41.3 Å². The number of halogens is 3. The van der Waals surface area contributed by atoms with Crippen LogP contribution in [0, 0.1) is 0 Å². The molecule has 0 atom stereocenters. The van der Waals surface area contributed by atoms with E-state index in [9.17, 15) is 21.6 Å². The molecule has 0 bridgehead atoms. The molecule has 0 aliphatic heterocycles. The van der Waals surface area contributed by atoms with E-state index in [1.165, 1.54) is 24.3 Å². The molecule has 0 aromatic heterocycles. The lowest BCUT2D eigenvalue weighted by Gasteiger charge is -2.11. The van der Waals surface area contributed by atoms with Gasteiger partial charge in [0.05, 0.1) is 4.90 Å². The van der Waals surface area contributed by atoms with Crippen molar-refractivity contribution in [3.8, 4) is 5.75 Å². The van der Waals surface area contributed by atoms with Gasteiger partial charge in [-0.25, -0.2) is 13.1 Å². The molecule has 2 aromatic carbocycles. The Bertz CT molecular complexity index is 816. The zero-order valence-electron chi connectivity index (χ0n) is 13.7. The second kappa shape index (κ2) is 7.45. The lowest BCUT2D eigenvalue weighted by atomic mass is 10.0. The van der Waals surface area contributed by atoms with Gasteiger partial charge >= 0.3 is 6.36 Å². The molecule has 0 saturated heterocycles. The van der Waals surface area contributed by atoms with Gasteiger partial charge in [0.2, 0.25) is 10.0 Å². The fraction of sp³-hybridized carbons (Fsp3) is 0.294. The van der Waals surface area contributed by atoms with Crippen molar-refractivity contribution in [2.45, 2.75) is 37.6 Å². The van der Waals surface area contributed by atoms with Crippen LogP contribution in [-0.2, 0) is 16.6 Å². The highest BCUT2D eigenvalue weighted by Crippen LogP contribution is 2.23. The van der Waals surface area contributed by atoms with Crippen molar-refractivity contribution in [3.63, 3.8) is 0 Å². The number of hydrogen-bond acceptors (Lipinski definition) is 3. The van der Waals surface area contributed by atoms with Crippen LogP contribution in [0.4, 0.5) is 13.2 Å². The Morgan fingerprint density at radius 2 is 1.72 bits per heavy atom. The highest BCUT2D eigenvalue weighted by Gasteiger charge is 2.31. The third-order valence-electron chi connectivity index (χ3n) is 3.46. The Kier molecular flexibility index (Phi) is 5.74. The van der Waals surface area contributed by atoms with E-state index in [0.29, 0.717) is 5.56 Å².